The minimum absolute atomic E-state index is 0.176. The van der Waals surface area contributed by atoms with Crippen molar-refractivity contribution in [2.75, 3.05) is 37.9 Å². The highest BCUT2D eigenvalue weighted by atomic mass is 79.9. The fraction of sp³-hybridized carbons (Fsp3) is 0.352. The lowest BCUT2D eigenvalue weighted by molar-refractivity contribution is -0.118. The normalized spacial score (nSPS) is 12.3. The molecule has 95 heavy (non-hydrogen) atoms. The average Bonchev–Trinajstić information content (AvgIpc) is 1.75. The van der Waals surface area contributed by atoms with Crippen LogP contribution in [-0.4, -0.2) is 123 Å². The van der Waals surface area contributed by atoms with Crippen LogP contribution >= 0.6 is 39.1 Å². The summed E-state index contributed by atoms with van der Waals surface area (Å²) in [4.78, 5) is 56.0. The van der Waals surface area contributed by atoms with Crippen molar-refractivity contribution >= 4 is 90.3 Å². The maximum Gasteiger partial charge on any atom is 0.270 e. The third kappa shape index (κ3) is 20.6. The Labute approximate surface area is 578 Å². The minimum atomic E-state index is -1.17. The van der Waals surface area contributed by atoms with E-state index in [0.29, 0.717) is 46.3 Å². The SMILES string of the molecule is Cc1nn(COCC[Si](C)(C)C)c(C)c1-c1ccc(NC(=O)[C@H](Cc2cc(-c3cccc(CN(C)C)c3)ccc2Cl)NC(=O)c2ccnn2C)cc1.Cc1nn(COCC[Si](C)(C)C)c(C)c1-c1ccc(NC(=O)[C@H](Cc2cc(Br)ccc2Cl)NC(=O)c2ccnn2C)cc1. The summed E-state index contributed by atoms with van der Waals surface area (Å²) in [6, 6.07) is 38.4. The zero-order chi connectivity index (χ0) is 68.9. The van der Waals surface area contributed by atoms with Crippen LogP contribution in [-0.2, 0) is 66.0 Å². The fourth-order valence-corrected chi connectivity index (χ4v) is 13.1. The van der Waals surface area contributed by atoms with Crippen LogP contribution in [0.1, 0.15) is 60.4 Å². The standard InChI is InChI=1S/C40H50ClN7O3Si.C31H38BrClN6O3Si/c1-27-38(28(2)48(45-27)26-51-20-21-52(6,7)8)30-12-15-34(16-13-30)43-39(49)36(44-40(50)37-18-19-42-47(37)5)24-33-23-32(14-17-35(33)41)31-11-9-10-29(22-31)25-46(3)4;1-20-29(21(2)39(37-20)19-42-15-16-43(4,5)6)22-7-10-25(11-8-22)35-30(40)27(18-23-17-24(32)9-12-26(23)33)36-31(41)28-13-14-34-38(28)3/h9-19,22-23,36H,20-21,24-26H2,1-8H3,(H,43,49)(H,44,50);7-14,17,27H,15-16,18-19H2,1-6H3,(H,35,40)(H,36,41)/t36-;27-/m00/s1. The van der Waals surface area contributed by atoms with Gasteiger partial charge in [-0.3, -0.25) is 28.5 Å². The molecule has 4 heterocycles. The molecule has 4 amide bonds. The van der Waals surface area contributed by atoms with Gasteiger partial charge in [0.2, 0.25) is 11.8 Å². The van der Waals surface area contributed by atoms with Crippen LogP contribution < -0.4 is 21.3 Å². The lowest BCUT2D eigenvalue weighted by Crippen LogP contribution is -2.45. The number of benzene rings is 5. The lowest BCUT2D eigenvalue weighted by Gasteiger charge is -2.20. The Kier molecular flexibility index (Phi) is 25.2. The first-order valence-corrected chi connectivity index (χ1v) is 40.6. The second-order valence-corrected chi connectivity index (χ2v) is 39.5. The second kappa shape index (κ2) is 32.8. The zero-order valence-electron chi connectivity index (χ0n) is 56.8. The Morgan fingerprint density at radius 2 is 0.979 bits per heavy atom. The highest BCUT2D eigenvalue weighted by molar-refractivity contribution is 9.10. The van der Waals surface area contributed by atoms with Gasteiger partial charge in [-0.15, -0.1) is 0 Å². The molecule has 0 saturated heterocycles. The van der Waals surface area contributed by atoms with Crippen molar-refractivity contribution in [1.29, 1.82) is 0 Å². The van der Waals surface area contributed by atoms with Gasteiger partial charge in [0.25, 0.3) is 11.8 Å². The van der Waals surface area contributed by atoms with Crippen LogP contribution in [0.3, 0.4) is 0 Å². The zero-order valence-corrected chi connectivity index (χ0v) is 61.9. The van der Waals surface area contributed by atoms with E-state index in [0.717, 1.165) is 104 Å². The molecule has 4 aromatic heterocycles. The Morgan fingerprint density at radius 3 is 1.40 bits per heavy atom. The van der Waals surface area contributed by atoms with Crippen molar-refractivity contribution in [2.24, 2.45) is 14.1 Å². The van der Waals surface area contributed by atoms with E-state index in [2.05, 4.69) is 110 Å². The maximum absolute atomic E-state index is 14.0. The van der Waals surface area contributed by atoms with E-state index in [1.165, 1.54) is 21.1 Å². The highest BCUT2D eigenvalue weighted by Gasteiger charge is 2.28. The van der Waals surface area contributed by atoms with Crippen molar-refractivity contribution in [3.8, 4) is 33.4 Å². The van der Waals surface area contributed by atoms with Gasteiger partial charge in [-0.05, 0) is 166 Å². The van der Waals surface area contributed by atoms with Crippen molar-refractivity contribution in [3.05, 3.63) is 199 Å². The number of aromatic nitrogens is 8. The third-order valence-electron chi connectivity index (χ3n) is 16.1. The lowest BCUT2D eigenvalue weighted by atomic mass is 9.97. The molecule has 9 rings (SSSR count). The Hall–Kier alpha value is -7.81. The molecule has 0 spiro atoms. The Balaban J connectivity index is 0.000000248. The number of carbonyl (C=O) groups excluding carboxylic acids is 4. The van der Waals surface area contributed by atoms with Crippen LogP contribution in [0, 0.1) is 27.7 Å². The average molecular weight is 1430 g/mol. The molecule has 0 radical (unpaired) electrons. The molecule has 9 aromatic rings. The van der Waals surface area contributed by atoms with Gasteiger partial charge in [0.15, 0.2) is 0 Å². The van der Waals surface area contributed by atoms with Gasteiger partial charge in [-0.2, -0.15) is 20.4 Å². The van der Waals surface area contributed by atoms with Crippen molar-refractivity contribution in [3.63, 3.8) is 0 Å². The molecule has 0 bridgehead atoms. The van der Waals surface area contributed by atoms with Gasteiger partial charge in [-0.1, -0.05) is 127 Å². The molecule has 2 atom stereocenters. The van der Waals surface area contributed by atoms with Crippen molar-refractivity contribution < 1.29 is 28.7 Å². The van der Waals surface area contributed by atoms with Crippen molar-refractivity contribution in [1.82, 2.24) is 54.7 Å². The number of aryl methyl sites for hydroxylation is 4. The summed E-state index contributed by atoms with van der Waals surface area (Å²) in [5.41, 5.74) is 14.5. The molecular weight excluding hydrogens is 1340 g/mol. The molecule has 0 aliphatic carbocycles. The molecular formula is C71H88BrCl2N13O6Si2. The van der Waals surface area contributed by atoms with E-state index in [1.54, 1.807) is 38.5 Å². The number of anilines is 2. The molecule has 502 valence electrons. The molecule has 19 nitrogen and oxygen atoms in total. The van der Waals surface area contributed by atoms with Gasteiger partial charge >= 0.3 is 0 Å². The van der Waals surface area contributed by atoms with Gasteiger partial charge in [0.05, 0.1) is 11.4 Å². The number of nitrogens with one attached hydrogen (secondary N) is 4. The number of hydrogen-bond donors (Lipinski definition) is 4. The Morgan fingerprint density at radius 1 is 0.558 bits per heavy atom. The van der Waals surface area contributed by atoms with Gasteiger partial charge in [0.1, 0.15) is 36.9 Å². The monoisotopic (exact) mass is 1420 g/mol. The first-order valence-electron chi connectivity index (χ1n) is 31.6. The predicted molar refractivity (Wildman–Crippen MR) is 390 cm³/mol. The van der Waals surface area contributed by atoms with Gasteiger partial charge in [-0.25, -0.2) is 9.36 Å². The van der Waals surface area contributed by atoms with Gasteiger partial charge in [0, 0.05) is 124 Å². The van der Waals surface area contributed by atoms with E-state index < -0.39 is 40.0 Å². The molecule has 0 unspecified atom stereocenters. The Bertz CT molecular complexity index is 4130. The van der Waals surface area contributed by atoms with E-state index in [-0.39, 0.29) is 24.7 Å². The number of nitrogens with zero attached hydrogens (tertiary/aromatic N) is 9. The van der Waals surface area contributed by atoms with E-state index >= 15 is 0 Å². The molecule has 4 N–H and O–H groups in total. The summed E-state index contributed by atoms with van der Waals surface area (Å²) in [6.45, 7) is 25.2. The van der Waals surface area contributed by atoms with E-state index in [9.17, 15) is 19.2 Å². The molecule has 0 aliphatic heterocycles. The summed E-state index contributed by atoms with van der Waals surface area (Å²) >= 11 is 16.6. The van der Waals surface area contributed by atoms with Crippen LogP contribution in [0.2, 0.25) is 61.4 Å². The second-order valence-electron chi connectivity index (χ2n) is 26.5. The quantitative estimate of drug-likeness (QED) is 0.0281. The summed E-state index contributed by atoms with van der Waals surface area (Å²) in [7, 11) is 5.10. The summed E-state index contributed by atoms with van der Waals surface area (Å²) in [5, 5.41) is 30.4. The van der Waals surface area contributed by atoms with E-state index in [4.69, 9.17) is 42.9 Å². The first kappa shape index (κ1) is 73.0. The molecule has 0 fully saturated rings. The molecule has 24 heteroatoms. The van der Waals surface area contributed by atoms with Crippen LogP contribution in [0.15, 0.2) is 138 Å². The van der Waals surface area contributed by atoms with Crippen LogP contribution in [0.5, 0.6) is 0 Å². The fourth-order valence-electron chi connectivity index (χ4n) is 10.8. The number of halogens is 3. The largest absolute Gasteiger partial charge is 0.360 e. The number of amides is 4. The highest BCUT2D eigenvalue weighted by Crippen LogP contribution is 2.32. The number of ether oxygens (including phenoxy) is 2. The number of carbonyl (C=O) groups is 4. The minimum Gasteiger partial charge on any atom is -0.360 e. The molecule has 0 aliphatic rings. The smallest absolute Gasteiger partial charge is 0.270 e. The summed E-state index contributed by atoms with van der Waals surface area (Å²) in [5.74, 6) is -1.55. The predicted octanol–water partition coefficient (Wildman–Crippen LogP) is 14.2. The van der Waals surface area contributed by atoms with Crippen LogP contribution in [0.25, 0.3) is 33.4 Å². The maximum atomic E-state index is 14.0. The summed E-state index contributed by atoms with van der Waals surface area (Å²) in [6.07, 6.45) is 3.45. The number of rotatable bonds is 27. The topological polar surface area (TPSA) is 209 Å². The van der Waals surface area contributed by atoms with Crippen LogP contribution in [0.4, 0.5) is 11.4 Å². The molecule has 5 aromatic carbocycles. The van der Waals surface area contributed by atoms with Crippen molar-refractivity contribution in [2.45, 2.75) is 124 Å². The van der Waals surface area contributed by atoms with Gasteiger partial charge < -0.3 is 35.6 Å². The third-order valence-corrected chi connectivity index (χ3v) is 20.7. The van der Waals surface area contributed by atoms with E-state index in [1.807, 2.05) is 136 Å². The molecule has 0 saturated carbocycles. The number of hydrogen-bond acceptors (Lipinski definition) is 11. The first-order chi connectivity index (χ1) is 45.0. The summed E-state index contributed by atoms with van der Waals surface area (Å²) < 4.78 is 19.4.